The van der Waals surface area contributed by atoms with E-state index in [9.17, 15) is 4.39 Å². The number of nitrogens with two attached hydrogens (primary N) is 1. The molecule has 0 spiro atoms. The SMILES string of the molecule is Cc1ccc(F)c(Oc2ccc(C(=N)N)cc2Cl)c1. The molecule has 0 fully saturated rings. The van der Waals surface area contributed by atoms with Crippen LogP contribution >= 0.6 is 11.6 Å². The summed E-state index contributed by atoms with van der Waals surface area (Å²) in [6.07, 6.45) is 0. The number of amidine groups is 1. The van der Waals surface area contributed by atoms with Gasteiger partial charge in [-0.3, -0.25) is 5.41 Å². The molecule has 0 saturated heterocycles. The van der Waals surface area contributed by atoms with Gasteiger partial charge in [0.1, 0.15) is 11.6 Å². The molecule has 0 saturated carbocycles. The lowest BCUT2D eigenvalue weighted by molar-refractivity contribution is 0.442. The maximum Gasteiger partial charge on any atom is 0.165 e. The molecular formula is C14H12ClFN2O. The van der Waals surface area contributed by atoms with Crippen molar-refractivity contribution in [2.75, 3.05) is 0 Å². The summed E-state index contributed by atoms with van der Waals surface area (Å²) < 4.78 is 19.0. The minimum Gasteiger partial charge on any atom is -0.453 e. The number of ether oxygens (including phenoxy) is 1. The Morgan fingerprint density at radius 3 is 2.58 bits per heavy atom. The summed E-state index contributed by atoms with van der Waals surface area (Å²) in [5, 5.41) is 7.58. The molecule has 2 rings (SSSR count). The molecule has 2 aromatic rings. The number of nitrogen functional groups attached to an aromatic ring is 1. The summed E-state index contributed by atoms with van der Waals surface area (Å²) in [6, 6.07) is 9.24. The molecule has 19 heavy (non-hydrogen) atoms. The first-order valence-electron chi connectivity index (χ1n) is 5.55. The Morgan fingerprint density at radius 1 is 1.21 bits per heavy atom. The van der Waals surface area contributed by atoms with Gasteiger partial charge in [-0.15, -0.1) is 0 Å². The second-order valence-electron chi connectivity index (χ2n) is 4.09. The lowest BCUT2D eigenvalue weighted by Gasteiger charge is -2.10. The zero-order valence-corrected chi connectivity index (χ0v) is 11.0. The lowest BCUT2D eigenvalue weighted by atomic mass is 10.2. The average Bonchev–Trinajstić information content (AvgIpc) is 2.36. The number of aryl methyl sites for hydroxylation is 1. The van der Waals surface area contributed by atoms with Crippen LogP contribution in [0.4, 0.5) is 4.39 Å². The molecule has 2 aromatic carbocycles. The van der Waals surface area contributed by atoms with E-state index >= 15 is 0 Å². The molecule has 98 valence electrons. The van der Waals surface area contributed by atoms with E-state index in [1.54, 1.807) is 24.3 Å². The third-order valence-electron chi connectivity index (χ3n) is 2.55. The molecule has 0 aliphatic heterocycles. The van der Waals surface area contributed by atoms with Crippen molar-refractivity contribution in [3.05, 3.63) is 58.4 Å². The first kappa shape index (κ1) is 13.4. The highest BCUT2D eigenvalue weighted by Crippen LogP contribution is 2.31. The van der Waals surface area contributed by atoms with Crippen LogP contribution < -0.4 is 10.5 Å². The van der Waals surface area contributed by atoms with Gasteiger partial charge in [-0.25, -0.2) is 4.39 Å². The van der Waals surface area contributed by atoms with Crippen molar-refractivity contribution >= 4 is 17.4 Å². The predicted octanol–water partition coefficient (Wildman–Crippen LogP) is 3.86. The van der Waals surface area contributed by atoms with Gasteiger partial charge in [-0.1, -0.05) is 17.7 Å². The largest absolute Gasteiger partial charge is 0.453 e. The Morgan fingerprint density at radius 2 is 1.95 bits per heavy atom. The summed E-state index contributed by atoms with van der Waals surface area (Å²) >= 11 is 6.02. The molecule has 0 atom stereocenters. The lowest BCUT2D eigenvalue weighted by Crippen LogP contribution is -2.10. The Kier molecular flexibility index (Phi) is 3.71. The smallest absolute Gasteiger partial charge is 0.165 e. The van der Waals surface area contributed by atoms with Crippen molar-refractivity contribution in [2.45, 2.75) is 6.92 Å². The monoisotopic (exact) mass is 278 g/mol. The maximum atomic E-state index is 13.6. The molecule has 0 heterocycles. The molecule has 3 N–H and O–H groups in total. The third kappa shape index (κ3) is 3.03. The molecule has 0 aromatic heterocycles. The van der Waals surface area contributed by atoms with Crippen LogP contribution in [0.2, 0.25) is 5.02 Å². The van der Waals surface area contributed by atoms with Crippen LogP contribution in [0, 0.1) is 18.2 Å². The van der Waals surface area contributed by atoms with Gasteiger partial charge >= 0.3 is 0 Å². The summed E-state index contributed by atoms with van der Waals surface area (Å²) in [4.78, 5) is 0. The van der Waals surface area contributed by atoms with E-state index in [1.165, 1.54) is 12.1 Å². The third-order valence-corrected chi connectivity index (χ3v) is 2.84. The van der Waals surface area contributed by atoms with Gasteiger partial charge in [-0.05, 0) is 42.8 Å². The Balaban J connectivity index is 2.33. The van der Waals surface area contributed by atoms with Gasteiger partial charge in [0, 0.05) is 5.56 Å². The molecule has 0 unspecified atom stereocenters. The molecule has 0 radical (unpaired) electrons. The van der Waals surface area contributed by atoms with Crippen LogP contribution in [0.3, 0.4) is 0 Å². The van der Waals surface area contributed by atoms with Gasteiger partial charge < -0.3 is 10.5 Å². The van der Waals surface area contributed by atoms with E-state index in [0.717, 1.165) is 5.56 Å². The van der Waals surface area contributed by atoms with Crippen LogP contribution in [-0.4, -0.2) is 5.84 Å². The topological polar surface area (TPSA) is 59.1 Å². The van der Waals surface area contributed by atoms with E-state index in [4.69, 9.17) is 27.5 Å². The fourth-order valence-corrected chi connectivity index (χ4v) is 1.78. The van der Waals surface area contributed by atoms with Crippen molar-refractivity contribution in [1.29, 1.82) is 5.41 Å². The zero-order chi connectivity index (χ0) is 14.0. The van der Waals surface area contributed by atoms with Crippen molar-refractivity contribution < 1.29 is 9.13 Å². The number of nitrogens with one attached hydrogen (secondary N) is 1. The van der Waals surface area contributed by atoms with Crippen LogP contribution in [0.1, 0.15) is 11.1 Å². The van der Waals surface area contributed by atoms with Gasteiger partial charge in [-0.2, -0.15) is 0 Å². The molecular weight excluding hydrogens is 267 g/mol. The number of benzene rings is 2. The van der Waals surface area contributed by atoms with E-state index in [-0.39, 0.29) is 16.6 Å². The van der Waals surface area contributed by atoms with Crippen LogP contribution in [0.15, 0.2) is 36.4 Å². The predicted molar refractivity (Wildman–Crippen MR) is 73.7 cm³/mol. The van der Waals surface area contributed by atoms with Gasteiger partial charge in [0.15, 0.2) is 11.6 Å². The Labute approximate surface area is 115 Å². The van der Waals surface area contributed by atoms with Crippen molar-refractivity contribution in [3.63, 3.8) is 0 Å². The van der Waals surface area contributed by atoms with Crippen LogP contribution in [-0.2, 0) is 0 Å². The first-order valence-corrected chi connectivity index (χ1v) is 5.93. The Hall–Kier alpha value is -2.07. The standard InChI is InChI=1S/C14H12ClFN2O/c1-8-2-4-11(16)13(6-8)19-12-5-3-9(14(17)18)7-10(12)15/h2-7H,1H3,(H3,17,18). The van der Waals surface area contributed by atoms with Crippen LogP contribution in [0.5, 0.6) is 11.5 Å². The fraction of sp³-hybridized carbons (Fsp3) is 0.0714. The van der Waals surface area contributed by atoms with E-state index in [2.05, 4.69) is 0 Å². The average molecular weight is 279 g/mol. The fourth-order valence-electron chi connectivity index (χ4n) is 1.56. The second kappa shape index (κ2) is 5.28. The normalized spacial score (nSPS) is 10.3. The van der Waals surface area contributed by atoms with Gasteiger partial charge in [0.2, 0.25) is 0 Å². The Bertz CT molecular complexity index is 643. The molecule has 0 aliphatic carbocycles. The zero-order valence-electron chi connectivity index (χ0n) is 10.2. The second-order valence-corrected chi connectivity index (χ2v) is 4.50. The number of halogens is 2. The van der Waals surface area contributed by atoms with Crippen LogP contribution in [0.25, 0.3) is 0 Å². The summed E-state index contributed by atoms with van der Waals surface area (Å²) in [7, 11) is 0. The number of rotatable bonds is 3. The van der Waals surface area contributed by atoms with Crippen molar-refractivity contribution in [3.8, 4) is 11.5 Å². The minimum absolute atomic E-state index is 0.0878. The maximum absolute atomic E-state index is 13.6. The number of hydrogen-bond acceptors (Lipinski definition) is 2. The quantitative estimate of drug-likeness (QED) is 0.661. The summed E-state index contributed by atoms with van der Waals surface area (Å²) in [6.45, 7) is 1.84. The van der Waals surface area contributed by atoms with Crippen molar-refractivity contribution in [1.82, 2.24) is 0 Å². The molecule has 0 bridgehead atoms. The molecule has 3 nitrogen and oxygen atoms in total. The molecule has 0 aliphatic rings. The van der Waals surface area contributed by atoms with Crippen molar-refractivity contribution in [2.24, 2.45) is 5.73 Å². The van der Waals surface area contributed by atoms with E-state index < -0.39 is 5.82 Å². The summed E-state index contributed by atoms with van der Waals surface area (Å²) in [5.41, 5.74) is 6.72. The highest BCUT2D eigenvalue weighted by Gasteiger charge is 2.09. The first-order chi connectivity index (χ1) is 8.97. The van der Waals surface area contributed by atoms with Gasteiger partial charge in [0.05, 0.1) is 5.02 Å². The molecule has 0 amide bonds. The minimum atomic E-state index is -0.461. The van der Waals surface area contributed by atoms with E-state index in [1.807, 2.05) is 6.92 Å². The number of hydrogen-bond donors (Lipinski definition) is 2. The van der Waals surface area contributed by atoms with Gasteiger partial charge in [0.25, 0.3) is 0 Å². The van der Waals surface area contributed by atoms with E-state index in [0.29, 0.717) is 11.3 Å². The highest BCUT2D eigenvalue weighted by atomic mass is 35.5. The highest BCUT2D eigenvalue weighted by molar-refractivity contribution is 6.32. The molecule has 5 heteroatoms. The summed E-state index contributed by atoms with van der Waals surface area (Å²) in [5.74, 6) is -0.124.